The van der Waals surface area contributed by atoms with E-state index in [9.17, 15) is 9.59 Å². The third kappa shape index (κ3) is 53.2. The first-order valence-electron chi connectivity index (χ1n) is 29.0. The highest BCUT2D eigenvalue weighted by Gasteiger charge is 2.25. The molecular weight excluding hydrogens is 807 g/mol. The van der Waals surface area contributed by atoms with E-state index in [0.29, 0.717) is 12.2 Å². The minimum atomic E-state index is 0.141. The van der Waals surface area contributed by atoms with Gasteiger partial charge in [0.15, 0.2) is 5.78 Å². The maximum absolute atomic E-state index is 12.4. The number of nitrogens with zero attached hydrogens (tertiary/aromatic N) is 1. The summed E-state index contributed by atoms with van der Waals surface area (Å²) in [5.41, 5.74) is 4.09. The Kier molecular flexibility index (Phi) is 59.8. The second kappa shape index (κ2) is 57.6. The Bertz CT molecular complexity index is 1060. The molecule has 1 aliphatic rings. The number of carbonyl (C=O) groups excluding carboxylic acids is 2. The molecule has 0 aromatic heterocycles. The summed E-state index contributed by atoms with van der Waals surface area (Å²) in [4.78, 5) is 25.3. The van der Waals surface area contributed by atoms with Crippen molar-refractivity contribution in [3.05, 3.63) is 43.2 Å². The van der Waals surface area contributed by atoms with E-state index in [-0.39, 0.29) is 5.78 Å². The van der Waals surface area contributed by atoms with Crippen LogP contribution in [-0.4, -0.2) is 49.3 Å². The number of hydrogen-bond donors (Lipinski definition) is 0. The molecule has 0 radical (unpaired) electrons. The van der Waals surface area contributed by atoms with Gasteiger partial charge in [-0.15, -0.1) is 5.73 Å². The van der Waals surface area contributed by atoms with Crippen molar-refractivity contribution >= 4 is 11.6 Å². The van der Waals surface area contributed by atoms with Crippen LogP contribution in [0.1, 0.15) is 299 Å². The van der Waals surface area contributed by atoms with Gasteiger partial charge in [0.2, 0.25) is 0 Å². The molecule has 0 aromatic carbocycles. The molecule has 0 amide bonds. The van der Waals surface area contributed by atoms with E-state index in [0.717, 1.165) is 69.4 Å². The van der Waals surface area contributed by atoms with Gasteiger partial charge < -0.3 is 9.64 Å². The van der Waals surface area contributed by atoms with Gasteiger partial charge >= 0.3 is 0 Å². The molecule has 1 unspecified atom stereocenters. The summed E-state index contributed by atoms with van der Waals surface area (Å²) in [6, 6.07) is 0.844. The fourth-order valence-electron chi connectivity index (χ4n) is 9.13. The number of ether oxygens (including phenoxy) is 1. The van der Waals surface area contributed by atoms with Crippen LogP contribution >= 0.6 is 0 Å². The molecule has 66 heavy (non-hydrogen) atoms. The molecule has 1 rings (SSSR count). The monoisotopic (exact) mass is 926 g/mol. The molecule has 0 spiro atoms. The molecular formula is C62H119NO3. The van der Waals surface area contributed by atoms with Gasteiger partial charge in [-0.25, -0.2) is 0 Å². The van der Waals surface area contributed by atoms with Gasteiger partial charge in [-0.3, -0.25) is 9.59 Å². The number of allylic oxidation sites excluding steroid dienone is 3. The number of carbonyl (C=O) groups is 2. The molecule has 0 bridgehead atoms. The number of likely N-dealkylation sites (tertiary alicyclic amines) is 1. The van der Waals surface area contributed by atoms with Crippen molar-refractivity contribution in [2.45, 2.75) is 305 Å². The van der Waals surface area contributed by atoms with E-state index >= 15 is 0 Å². The summed E-state index contributed by atoms with van der Waals surface area (Å²) in [5, 5.41) is 0. The molecule has 4 nitrogen and oxygen atoms in total. The maximum atomic E-state index is 12.4. The fourth-order valence-corrected chi connectivity index (χ4v) is 9.13. The number of Topliss-reactive ketones (excluding diaryl/α,β-unsaturated/α-hetero) is 1. The normalized spacial score (nSPS) is 14.3. The van der Waals surface area contributed by atoms with Crippen LogP contribution < -0.4 is 0 Å². The Morgan fingerprint density at radius 1 is 0.545 bits per heavy atom. The molecule has 4 heteroatoms. The maximum Gasteiger partial charge on any atom is 0.155 e. The number of ketones is 2. The van der Waals surface area contributed by atoms with Crippen LogP contribution in [0.2, 0.25) is 0 Å². The summed E-state index contributed by atoms with van der Waals surface area (Å²) in [6.07, 6.45) is 53.4. The summed E-state index contributed by atoms with van der Waals surface area (Å²) < 4.78 is 5.09. The molecule has 1 aliphatic heterocycles. The van der Waals surface area contributed by atoms with Crippen LogP contribution in [0, 0.1) is 11.8 Å². The number of hydrogen-bond acceptors (Lipinski definition) is 4. The number of rotatable bonds is 44. The zero-order chi connectivity index (χ0) is 49.6. The quantitative estimate of drug-likeness (QED) is 0.0264. The number of unbranched alkanes of at least 4 members (excludes halogenated alkanes) is 25. The third-order valence-corrected chi connectivity index (χ3v) is 13.5. The predicted molar refractivity (Wildman–Crippen MR) is 297 cm³/mol. The minimum Gasteiger partial charge on any atom is -0.385 e. The molecule has 0 saturated carbocycles. The standard InChI is InChI=1S/C28H56O2.C16H28.C12H25N.C6H10O/c1-4-6-8-10-13-17-21-27(22-18-14-11-9-7-5-2)24-25-28(29)23-19-15-12-16-20-26-30-3;1-4-7-8-9-10-11-12-13-14-15-16(5-2)6-3;1-4-5-6-7-8-13-10-11(2)9-12(13)3;1-3-5-6(7)4-2/h27H,4-26H2,1-3H3;5H,2-4,7-15H2,1H3;11-12H,4-10H2,1-3H3;4H,2-3,5H2,1H3/t;;11?,12-;/m..1./s1. The Hall–Kier alpha value is -1.74. The van der Waals surface area contributed by atoms with Gasteiger partial charge in [-0.2, -0.15) is 0 Å². The van der Waals surface area contributed by atoms with E-state index in [1.807, 2.05) is 13.0 Å². The first kappa shape index (κ1) is 68.5. The van der Waals surface area contributed by atoms with E-state index in [1.165, 1.54) is 224 Å². The lowest BCUT2D eigenvalue weighted by Gasteiger charge is -2.20. The van der Waals surface area contributed by atoms with Crippen molar-refractivity contribution in [1.82, 2.24) is 4.90 Å². The first-order valence-corrected chi connectivity index (χ1v) is 29.0. The van der Waals surface area contributed by atoms with Gasteiger partial charge in [0.1, 0.15) is 5.78 Å². The van der Waals surface area contributed by atoms with E-state index < -0.39 is 0 Å². The molecule has 2 atom stereocenters. The predicted octanol–water partition coefficient (Wildman–Crippen LogP) is 20.1. The van der Waals surface area contributed by atoms with E-state index in [1.54, 1.807) is 7.11 Å². The van der Waals surface area contributed by atoms with Gasteiger partial charge in [0.05, 0.1) is 0 Å². The van der Waals surface area contributed by atoms with Crippen molar-refractivity contribution in [2.75, 3.05) is 26.8 Å². The molecule has 0 N–H and O–H groups in total. The Morgan fingerprint density at radius 2 is 0.985 bits per heavy atom. The largest absolute Gasteiger partial charge is 0.385 e. The van der Waals surface area contributed by atoms with Crippen molar-refractivity contribution < 1.29 is 14.3 Å². The second-order valence-corrected chi connectivity index (χ2v) is 20.2. The second-order valence-electron chi connectivity index (χ2n) is 20.2. The van der Waals surface area contributed by atoms with Crippen molar-refractivity contribution in [3.63, 3.8) is 0 Å². The molecule has 1 fully saturated rings. The average Bonchev–Trinajstić information content (AvgIpc) is 3.65. The fraction of sp³-hybridized carbons (Fsp3) is 0.855. The lowest BCUT2D eigenvalue weighted by Crippen LogP contribution is -2.28. The van der Waals surface area contributed by atoms with Gasteiger partial charge in [-0.1, -0.05) is 247 Å². The third-order valence-electron chi connectivity index (χ3n) is 13.5. The summed E-state index contributed by atoms with van der Waals surface area (Å²) in [7, 11) is 1.77. The zero-order valence-corrected chi connectivity index (χ0v) is 46.4. The topological polar surface area (TPSA) is 46.6 Å². The Labute approximate surface area is 415 Å². The summed E-state index contributed by atoms with van der Waals surface area (Å²) in [5.74, 6) is 2.38. The average molecular weight is 927 g/mol. The van der Waals surface area contributed by atoms with Crippen LogP contribution in [0.3, 0.4) is 0 Å². The van der Waals surface area contributed by atoms with Crippen LogP contribution in [-0.2, 0) is 14.3 Å². The lowest BCUT2D eigenvalue weighted by atomic mass is 9.89. The van der Waals surface area contributed by atoms with Gasteiger partial charge in [0, 0.05) is 45.6 Å². The zero-order valence-electron chi connectivity index (χ0n) is 46.4. The van der Waals surface area contributed by atoms with Crippen LogP contribution in [0.4, 0.5) is 0 Å². The Morgan fingerprint density at radius 3 is 1.38 bits per heavy atom. The molecule has 390 valence electrons. The van der Waals surface area contributed by atoms with E-state index in [4.69, 9.17) is 4.74 Å². The van der Waals surface area contributed by atoms with Crippen LogP contribution in [0.5, 0.6) is 0 Å². The van der Waals surface area contributed by atoms with E-state index in [2.05, 4.69) is 71.9 Å². The van der Waals surface area contributed by atoms with Crippen molar-refractivity contribution in [2.24, 2.45) is 11.8 Å². The SMILES string of the molecule is C=C=C(C=C)CCCCCCCCCCC.C=CC(=O)CCC.CCCCCCCCC(CCCCCCCC)CCC(=O)CCCCCCCOC.CCCCCCN1CC(C)C[C@H]1C. The molecule has 0 aromatic rings. The molecule has 1 saturated heterocycles. The summed E-state index contributed by atoms with van der Waals surface area (Å²) in [6.45, 7) is 30.1. The lowest BCUT2D eigenvalue weighted by molar-refractivity contribution is -0.119. The smallest absolute Gasteiger partial charge is 0.155 e. The number of methoxy groups -OCH3 is 1. The molecule has 1 heterocycles. The summed E-state index contributed by atoms with van der Waals surface area (Å²) >= 11 is 0. The Balaban J connectivity index is -0.000000915. The van der Waals surface area contributed by atoms with Crippen LogP contribution in [0.15, 0.2) is 43.2 Å². The van der Waals surface area contributed by atoms with Crippen LogP contribution in [0.25, 0.3) is 0 Å². The highest BCUT2D eigenvalue weighted by Crippen LogP contribution is 2.25. The minimum absolute atomic E-state index is 0.141. The molecule has 0 aliphatic carbocycles. The first-order chi connectivity index (χ1) is 32.1. The van der Waals surface area contributed by atoms with Gasteiger partial charge in [0.25, 0.3) is 0 Å². The van der Waals surface area contributed by atoms with Gasteiger partial charge in [-0.05, 0) is 88.3 Å². The van der Waals surface area contributed by atoms with Crippen molar-refractivity contribution in [1.29, 1.82) is 0 Å². The highest BCUT2D eigenvalue weighted by atomic mass is 16.5. The van der Waals surface area contributed by atoms with Crippen molar-refractivity contribution in [3.8, 4) is 0 Å². The highest BCUT2D eigenvalue weighted by molar-refractivity contribution is 5.88.